The summed E-state index contributed by atoms with van der Waals surface area (Å²) in [6.45, 7) is 2.06. The molecule has 1 saturated heterocycles. The van der Waals surface area contributed by atoms with Gasteiger partial charge >= 0.3 is 11.9 Å². The Morgan fingerprint density at radius 2 is 2.04 bits per heavy atom. The molecule has 1 aliphatic rings. The van der Waals surface area contributed by atoms with Crippen molar-refractivity contribution in [2.45, 2.75) is 50.7 Å². The quantitative estimate of drug-likeness (QED) is 0.334. The lowest BCUT2D eigenvalue weighted by Gasteiger charge is -2.27. The van der Waals surface area contributed by atoms with Crippen molar-refractivity contribution in [3.63, 3.8) is 0 Å². The van der Waals surface area contributed by atoms with Crippen LogP contribution < -0.4 is 5.32 Å². The molecule has 0 unspecified atom stereocenters. The summed E-state index contributed by atoms with van der Waals surface area (Å²) in [6.07, 6.45) is 2.21. The van der Waals surface area contributed by atoms with E-state index in [1.165, 1.54) is 4.90 Å². The van der Waals surface area contributed by atoms with Crippen LogP contribution in [0.4, 0.5) is 0 Å². The Hall–Kier alpha value is -2.06. The fourth-order valence-corrected chi connectivity index (χ4v) is 3.43. The van der Waals surface area contributed by atoms with Gasteiger partial charge < -0.3 is 14.7 Å². The first kappa shape index (κ1) is 21.2. The predicted molar refractivity (Wildman–Crippen MR) is 103 cm³/mol. The van der Waals surface area contributed by atoms with Crippen LogP contribution in [0.15, 0.2) is 30.3 Å². The highest BCUT2D eigenvalue weighted by Gasteiger charge is 2.36. The van der Waals surface area contributed by atoms with Crippen molar-refractivity contribution in [2.75, 3.05) is 12.5 Å². The van der Waals surface area contributed by atoms with Crippen molar-refractivity contribution in [1.82, 2.24) is 10.2 Å². The minimum atomic E-state index is -0.997. The van der Waals surface area contributed by atoms with Crippen LogP contribution in [-0.4, -0.2) is 58.5 Å². The number of hydrogen-bond donors (Lipinski definition) is 3. The maximum Gasteiger partial charge on any atom is 0.326 e. The highest BCUT2D eigenvalue weighted by Crippen LogP contribution is 2.19. The van der Waals surface area contributed by atoms with E-state index in [0.29, 0.717) is 32.2 Å². The van der Waals surface area contributed by atoms with Gasteiger partial charge in [0, 0.05) is 6.54 Å². The molecule has 0 aromatic heterocycles. The molecule has 2 N–H and O–H groups in total. The number of carboxylic acid groups (broad SMARTS) is 1. The van der Waals surface area contributed by atoms with Crippen LogP contribution in [0, 0.1) is 0 Å². The average molecular weight is 394 g/mol. The van der Waals surface area contributed by atoms with Crippen molar-refractivity contribution in [3.8, 4) is 0 Å². The van der Waals surface area contributed by atoms with Crippen LogP contribution in [0.25, 0.3) is 0 Å². The number of aliphatic carboxylic acids is 1. The maximum absolute atomic E-state index is 12.7. The summed E-state index contributed by atoms with van der Waals surface area (Å²) in [5.41, 5.74) is 1.08. The van der Waals surface area contributed by atoms with Crippen molar-refractivity contribution >= 4 is 30.5 Å². The van der Waals surface area contributed by atoms with Gasteiger partial charge in [-0.2, -0.15) is 0 Å². The number of carbonyl (C=O) groups excluding carboxylic acids is 2. The van der Waals surface area contributed by atoms with Gasteiger partial charge in [0.25, 0.3) is 0 Å². The lowest BCUT2D eigenvalue weighted by atomic mass is 10.0. The zero-order valence-electron chi connectivity index (χ0n) is 15.3. The first-order chi connectivity index (χ1) is 12.9. The van der Waals surface area contributed by atoms with Crippen molar-refractivity contribution in [2.24, 2.45) is 0 Å². The van der Waals surface area contributed by atoms with Crippen LogP contribution in [-0.2, 0) is 25.5 Å². The van der Waals surface area contributed by atoms with Gasteiger partial charge in [-0.3, -0.25) is 14.9 Å². The van der Waals surface area contributed by atoms with Crippen molar-refractivity contribution < 1.29 is 24.2 Å². The van der Waals surface area contributed by atoms with E-state index in [2.05, 4.69) is 17.9 Å². The minimum absolute atomic E-state index is 0.0438. The van der Waals surface area contributed by atoms with Crippen LogP contribution in [0.2, 0.25) is 0 Å². The molecule has 8 heteroatoms. The number of amides is 1. The molecule has 0 bridgehead atoms. The summed E-state index contributed by atoms with van der Waals surface area (Å²) in [5.74, 6) is -1.83. The number of esters is 1. The molecule has 2 rings (SSSR count). The molecule has 1 heterocycles. The van der Waals surface area contributed by atoms with Crippen LogP contribution in [0.1, 0.15) is 31.7 Å². The number of rotatable bonds is 9. The van der Waals surface area contributed by atoms with E-state index in [1.807, 2.05) is 30.3 Å². The summed E-state index contributed by atoms with van der Waals surface area (Å²) >= 11 is 3.92. The summed E-state index contributed by atoms with van der Waals surface area (Å²) in [5, 5.41) is 12.3. The highest BCUT2D eigenvalue weighted by atomic mass is 32.1. The molecular weight excluding hydrogens is 368 g/mol. The normalized spacial score (nSPS) is 18.7. The van der Waals surface area contributed by atoms with E-state index in [4.69, 9.17) is 4.74 Å². The van der Waals surface area contributed by atoms with Gasteiger partial charge in [-0.1, -0.05) is 30.3 Å². The zero-order valence-corrected chi connectivity index (χ0v) is 16.2. The minimum Gasteiger partial charge on any atom is -0.480 e. The largest absolute Gasteiger partial charge is 0.480 e. The first-order valence-electron chi connectivity index (χ1n) is 9.04. The number of thiol groups is 1. The molecular formula is C19H26N2O5S. The molecule has 0 spiro atoms. The van der Waals surface area contributed by atoms with Gasteiger partial charge in [-0.05, 0) is 38.2 Å². The second-order valence-electron chi connectivity index (χ2n) is 6.59. The molecule has 0 radical (unpaired) electrons. The second kappa shape index (κ2) is 10.3. The van der Waals surface area contributed by atoms with Gasteiger partial charge in [-0.25, -0.2) is 4.79 Å². The molecule has 7 nitrogen and oxygen atoms in total. The van der Waals surface area contributed by atoms with E-state index in [0.717, 1.165) is 5.56 Å². The van der Waals surface area contributed by atoms with Gasteiger partial charge in [0.2, 0.25) is 5.91 Å². The maximum atomic E-state index is 12.7. The zero-order chi connectivity index (χ0) is 19.8. The monoisotopic (exact) mass is 394 g/mol. The Bertz CT molecular complexity index is 655. The third kappa shape index (κ3) is 5.97. The second-order valence-corrected chi connectivity index (χ2v) is 6.84. The molecule has 1 aliphatic heterocycles. The Morgan fingerprint density at radius 1 is 1.33 bits per heavy atom. The lowest BCUT2D eigenvalue weighted by molar-refractivity contribution is -0.150. The Labute approximate surface area is 164 Å². The van der Waals surface area contributed by atoms with Crippen molar-refractivity contribution in [3.05, 3.63) is 35.9 Å². The number of nitrogens with one attached hydrogen (secondary N) is 1. The summed E-state index contributed by atoms with van der Waals surface area (Å²) in [7, 11) is 0. The summed E-state index contributed by atoms with van der Waals surface area (Å²) < 4.78 is 5.00. The van der Waals surface area contributed by atoms with Crippen molar-refractivity contribution in [1.29, 1.82) is 0 Å². The van der Waals surface area contributed by atoms with E-state index < -0.39 is 30.1 Å². The average Bonchev–Trinajstić information content (AvgIpc) is 3.15. The number of hydrogen-bond acceptors (Lipinski definition) is 6. The third-order valence-electron chi connectivity index (χ3n) is 4.70. The van der Waals surface area contributed by atoms with Crippen LogP contribution in [0.3, 0.4) is 0 Å². The highest BCUT2D eigenvalue weighted by molar-refractivity contribution is 7.80. The van der Waals surface area contributed by atoms with Crippen LogP contribution in [0.5, 0.6) is 0 Å². The molecule has 3 atom stereocenters. The Morgan fingerprint density at radius 3 is 2.67 bits per heavy atom. The Kier molecular flexibility index (Phi) is 8.12. The number of benzene rings is 1. The third-order valence-corrected chi connectivity index (χ3v) is 4.83. The SMILES string of the molecule is C[C@H](N[C@@H](CCc1ccccc1)C(=O)OCS)C(=O)N1CCC[C@H]1C(=O)O. The molecule has 0 saturated carbocycles. The molecule has 27 heavy (non-hydrogen) atoms. The lowest BCUT2D eigenvalue weighted by Crippen LogP contribution is -2.53. The smallest absolute Gasteiger partial charge is 0.326 e. The molecule has 1 aromatic rings. The number of carboxylic acids is 1. The van der Waals surface area contributed by atoms with Crippen LogP contribution >= 0.6 is 12.6 Å². The van der Waals surface area contributed by atoms with E-state index in [9.17, 15) is 19.5 Å². The van der Waals surface area contributed by atoms with E-state index in [-0.39, 0.29) is 11.8 Å². The summed E-state index contributed by atoms with van der Waals surface area (Å²) in [6, 6.07) is 7.54. The summed E-state index contributed by atoms with van der Waals surface area (Å²) in [4.78, 5) is 37.6. The van der Waals surface area contributed by atoms with Gasteiger partial charge in [-0.15, -0.1) is 12.6 Å². The van der Waals surface area contributed by atoms with E-state index in [1.54, 1.807) is 6.92 Å². The van der Waals surface area contributed by atoms with Gasteiger partial charge in [0.05, 0.1) is 6.04 Å². The molecule has 148 valence electrons. The fourth-order valence-electron chi connectivity index (χ4n) is 3.30. The topological polar surface area (TPSA) is 95.9 Å². The molecule has 1 aromatic carbocycles. The molecule has 1 amide bonds. The number of nitrogens with zero attached hydrogens (tertiary/aromatic N) is 1. The Balaban J connectivity index is 2.01. The number of carbonyl (C=O) groups is 3. The molecule has 1 fully saturated rings. The van der Waals surface area contributed by atoms with Gasteiger partial charge in [0.15, 0.2) is 0 Å². The number of likely N-dealkylation sites (tertiary alicyclic amines) is 1. The number of ether oxygens (including phenoxy) is 1. The number of aryl methyl sites for hydroxylation is 1. The molecule has 0 aliphatic carbocycles. The fraction of sp³-hybridized carbons (Fsp3) is 0.526. The standard InChI is InChI=1S/C19H26N2O5S/c1-13(17(22)21-11-5-8-16(21)18(23)24)20-15(19(25)26-12-27)10-9-14-6-3-2-4-7-14/h2-4,6-7,13,15-16,20,27H,5,8-12H2,1H3,(H,23,24)/t13-,15-,16-/m0/s1. The van der Waals surface area contributed by atoms with Gasteiger partial charge in [0.1, 0.15) is 18.0 Å². The first-order valence-corrected chi connectivity index (χ1v) is 9.68. The predicted octanol–water partition coefficient (Wildman–Crippen LogP) is 1.47. The van der Waals surface area contributed by atoms with E-state index >= 15 is 0 Å².